The summed E-state index contributed by atoms with van der Waals surface area (Å²) in [7, 11) is 0. The molecule has 0 radical (unpaired) electrons. The van der Waals surface area contributed by atoms with Crippen molar-refractivity contribution in [1.82, 2.24) is 5.32 Å². The van der Waals surface area contributed by atoms with Gasteiger partial charge in [-0.25, -0.2) is 0 Å². The van der Waals surface area contributed by atoms with Crippen LogP contribution in [0.25, 0.3) is 0 Å². The maximum Gasteiger partial charge on any atom is 0.287 e. The van der Waals surface area contributed by atoms with E-state index in [1.54, 1.807) is 12.1 Å². The van der Waals surface area contributed by atoms with E-state index in [0.717, 1.165) is 19.4 Å². The van der Waals surface area contributed by atoms with Gasteiger partial charge in [-0.05, 0) is 47.8 Å². The van der Waals surface area contributed by atoms with Crippen molar-refractivity contribution in [3.8, 4) is 0 Å². The molecule has 1 aromatic rings. The summed E-state index contributed by atoms with van der Waals surface area (Å²) in [4.78, 5) is 11.7. The molecule has 0 saturated carbocycles. The van der Waals surface area contributed by atoms with Crippen LogP contribution in [0.2, 0.25) is 0 Å². The van der Waals surface area contributed by atoms with Crippen molar-refractivity contribution in [3.05, 3.63) is 22.6 Å². The lowest BCUT2D eigenvalue weighted by Crippen LogP contribution is -2.40. The van der Waals surface area contributed by atoms with Crippen molar-refractivity contribution in [2.45, 2.75) is 31.9 Å². The third kappa shape index (κ3) is 2.65. The van der Waals surface area contributed by atoms with Gasteiger partial charge in [0, 0.05) is 6.61 Å². The highest BCUT2D eigenvalue weighted by molar-refractivity contribution is 9.10. The summed E-state index contributed by atoms with van der Waals surface area (Å²) in [5.41, 5.74) is 0. The molecule has 0 unspecified atom stereocenters. The lowest BCUT2D eigenvalue weighted by Gasteiger charge is -2.19. The third-order valence-corrected chi connectivity index (χ3v) is 3.10. The average Bonchev–Trinajstić information content (AvgIpc) is 2.87. The van der Waals surface area contributed by atoms with E-state index in [9.17, 15) is 4.79 Å². The number of carbonyl (C=O) groups is 1. The molecule has 0 aromatic carbocycles. The number of carbonyl (C=O) groups excluding carboxylic acids is 1. The largest absolute Gasteiger partial charge is 0.444 e. The molecule has 0 bridgehead atoms. The first kappa shape index (κ1) is 11.7. The normalized spacial score (nSPS) is 22.0. The molecule has 2 heterocycles. The Labute approximate surface area is 102 Å². The molecule has 4 nitrogen and oxygen atoms in total. The van der Waals surface area contributed by atoms with Crippen LogP contribution in [0.4, 0.5) is 0 Å². The quantitative estimate of drug-likeness (QED) is 0.928. The maximum absolute atomic E-state index is 11.7. The van der Waals surface area contributed by atoms with Crippen molar-refractivity contribution < 1.29 is 13.9 Å². The van der Waals surface area contributed by atoms with Crippen molar-refractivity contribution in [3.63, 3.8) is 0 Å². The molecule has 16 heavy (non-hydrogen) atoms. The zero-order chi connectivity index (χ0) is 11.5. The smallest absolute Gasteiger partial charge is 0.287 e. The zero-order valence-corrected chi connectivity index (χ0v) is 10.6. The molecule has 0 aliphatic carbocycles. The van der Waals surface area contributed by atoms with E-state index >= 15 is 0 Å². The SMILES string of the molecule is C[C@H](NC(=O)c1ccc(Br)o1)[C@@H]1CCCO1. The van der Waals surface area contributed by atoms with Crippen molar-refractivity contribution in [1.29, 1.82) is 0 Å². The predicted molar refractivity (Wildman–Crippen MR) is 62.3 cm³/mol. The fraction of sp³-hybridized carbons (Fsp3) is 0.545. The first-order valence-electron chi connectivity index (χ1n) is 5.34. The third-order valence-electron chi connectivity index (χ3n) is 2.68. The Bertz CT molecular complexity index is 371. The van der Waals surface area contributed by atoms with Gasteiger partial charge >= 0.3 is 0 Å². The highest BCUT2D eigenvalue weighted by Gasteiger charge is 2.24. The first-order valence-corrected chi connectivity index (χ1v) is 6.14. The summed E-state index contributed by atoms with van der Waals surface area (Å²) < 4.78 is 11.2. The first-order chi connectivity index (χ1) is 7.66. The lowest BCUT2D eigenvalue weighted by molar-refractivity contribution is 0.0696. The monoisotopic (exact) mass is 287 g/mol. The van der Waals surface area contributed by atoms with E-state index in [1.165, 1.54) is 0 Å². The van der Waals surface area contributed by atoms with Crippen LogP contribution < -0.4 is 5.32 Å². The van der Waals surface area contributed by atoms with Crippen molar-refractivity contribution >= 4 is 21.8 Å². The Morgan fingerprint density at radius 3 is 3.00 bits per heavy atom. The number of halogens is 1. The number of hydrogen-bond donors (Lipinski definition) is 1. The molecule has 1 saturated heterocycles. The second-order valence-electron chi connectivity index (χ2n) is 3.92. The molecule has 1 fully saturated rings. The van der Waals surface area contributed by atoms with Gasteiger partial charge in [-0.1, -0.05) is 0 Å². The summed E-state index contributed by atoms with van der Waals surface area (Å²) in [6, 6.07) is 3.35. The number of furan rings is 1. The number of amides is 1. The van der Waals surface area contributed by atoms with Crippen LogP contribution in [0, 0.1) is 0 Å². The molecule has 1 aromatic heterocycles. The van der Waals surface area contributed by atoms with Gasteiger partial charge in [-0.2, -0.15) is 0 Å². The average molecular weight is 288 g/mol. The van der Waals surface area contributed by atoms with E-state index in [4.69, 9.17) is 9.15 Å². The lowest BCUT2D eigenvalue weighted by atomic mass is 10.1. The molecular weight excluding hydrogens is 274 g/mol. The van der Waals surface area contributed by atoms with Gasteiger partial charge in [0.25, 0.3) is 5.91 Å². The van der Waals surface area contributed by atoms with Crippen LogP contribution in [0.15, 0.2) is 21.2 Å². The van der Waals surface area contributed by atoms with Gasteiger partial charge in [-0.3, -0.25) is 4.79 Å². The van der Waals surface area contributed by atoms with Gasteiger partial charge in [0.05, 0.1) is 12.1 Å². The fourth-order valence-corrected chi connectivity index (χ4v) is 2.11. The number of nitrogens with one attached hydrogen (secondary N) is 1. The predicted octanol–water partition coefficient (Wildman–Crippen LogP) is 2.34. The topological polar surface area (TPSA) is 51.5 Å². The van der Waals surface area contributed by atoms with Crippen LogP contribution in [-0.2, 0) is 4.74 Å². The van der Waals surface area contributed by atoms with Gasteiger partial charge in [-0.15, -0.1) is 0 Å². The van der Waals surface area contributed by atoms with Gasteiger partial charge in [0.2, 0.25) is 0 Å². The van der Waals surface area contributed by atoms with Gasteiger partial charge in [0.1, 0.15) is 0 Å². The fourth-order valence-electron chi connectivity index (χ4n) is 1.80. The Morgan fingerprint density at radius 1 is 1.62 bits per heavy atom. The summed E-state index contributed by atoms with van der Waals surface area (Å²) in [6.45, 7) is 2.74. The van der Waals surface area contributed by atoms with Crippen molar-refractivity contribution in [2.24, 2.45) is 0 Å². The number of hydrogen-bond acceptors (Lipinski definition) is 3. The standard InChI is InChI=1S/C11H14BrNO3/c1-7(8-3-2-6-15-8)13-11(14)9-4-5-10(12)16-9/h4-5,7-8H,2-3,6H2,1H3,(H,13,14)/t7-,8-/m0/s1. The summed E-state index contributed by atoms with van der Waals surface area (Å²) in [5.74, 6) is 0.116. The Kier molecular flexibility index (Phi) is 3.66. The molecule has 1 amide bonds. The second kappa shape index (κ2) is 5.01. The second-order valence-corrected chi connectivity index (χ2v) is 4.70. The van der Waals surface area contributed by atoms with Gasteiger partial charge in [0.15, 0.2) is 10.4 Å². The van der Waals surface area contributed by atoms with Crippen LogP contribution in [0.3, 0.4) is 0 Å². The van der Waals surface area contributed by atoms with Crippen LogP contribution in [0.1, 0.15) is 30.3 Å². The van der Waals surface area contributed by atoms with Crippen LogP contribution >= 0.6 is 15.9 Å². The number of rotatable bonds is 3. The zero-order valence-electron chi connectivity index (χ0n) is 9.03. The molecule has 2 rings (SSSR count). The molecule has 1 N–H and O–H groups in total. The highest BCUT2D eigenvalue weighted by Crippen LogP contribution is 2.17. The van der Waals surface area contributed by atoms with Crippen LogP contribution in [-0.4, -0.2) is 24.7 Å². The van der Waals surface area contributed by atoms with E-state index in [2.05, 4.69) is 21.2 Å². The molecule has 2 atom stereocenters. The summed E-state index contributed by atoms with van der Waals surface area (Å²) in [5, 5.41) is 2.87. The Morgan fingerprint density at radius 2 is 2.44 bits per heavy atom. The molecular formula is C11H14BrNO3. The molecule has 1 aliphatic rings. The molecule has 88 valence electrons. The maximum atomic E-state index is 11.7. The van der Waals surface area contributed by atoms with Gasteiger partial charge < -0.3 is 14.5 Å². The van der Waals surface area contributed by atoms with E-state index in [1.807, 2.05) is 6.92 Å². The Balaban J connectivity index is 1.91. The molecule has 5 heteroatoms. The van der Waals surface area contributed by atoms with Crippen LogP contribution in [0.5, 0.6) is 0 Å². The minimum atomic E-state index is -0.200. The molecule has 1 aliphatic heterocycles. The molecule has 0 spiro atoms. The summed E-state index contributed by atoms with van der Waals surface area (Å²) >= 11 is 3.16. The minimum absolute atomic E-state index is 0.0128. The highest BCUT2D eigenvalue weighted by atomic mass is 79.9. The number of ether oxygens (including phenoxy) is 1. The minimum Gasteiger partial charge on any atom is -0.444 e. The van der Waals surface area contributed by atoms with E-state index in [-0.39, 0.29) is 18.1 Å². The van der Waals surface area contributed by atoms with E-state index in [0.29, 0.717) is 10.4 Å². The Hall–Kier alpha value is -0.810. The summed E-state index contributed by atoms with van der Waals surface area (Å²) in [6.07, 6.45) is 2.20. The van der Waals surface area contributed by atoms with Crippen molar-refractivity contribution in [2.75, 3.05) is 6.61 Å². The van der Waals surface area contributed by atoms with E-state index < -0.39 is 0 Å².